The summed E-state index contributed by atoms with van der Waals surface area (Å²) in [4.78, 5) is 0. The molecule has 0 aliphatic carbocycles. The van der Waals surface area contributed by atoms with Crippen molar-refractivity contribution in [2.45, 2.75) is 74.0 Å². The van der Waals surface area contributed by atoms with Crippen molar-refractivity contribution >= 4 is 0 Å². The molecule has 14 heavy (non-hydrogen) atoms. The lowest BCUT2D eigenvalue weighted by Crippen LogP contribution is -2.35. The third-order valence-corrected chi connectivity index (χ3v) is 2.79. The van der Waals surface area contributed by atoms with Gasteiger partial charge in [0.25, 0.3) is 0 Å². The van der Waals surface area contributed by atoms with E-state index in [1.807, 2.05) is 27.7 Å². The molecular formula is C13H30O. The second-order valence-corrected chi connectivity index (χ2v) is 3.72. The van der Waals surface area contributed by atoms with Crippen molar-refractivity contribution in [3.63, 3.8) is 0 Å². The third kappa shape index (κ3) is 5.64. The normalized spacial score (nSPS) is 36.0. The molecule has 1 rings (SSSR count). The molecule has 1 nitrogen and oxygen atoms in total. The van der Waals surface area contributed by atoms with Gasteiger partial charge >= 0.3 is 0 Å². The molecule has 0 spiro atoms. The molecule has 1 saturated heterocycles. The van der Waals surface area contributed by atoms with Gasteiger partial charge < -0.3 is 4.74 Å². The molecule has 1 aliphatic heterocycles. The van der Waals surface area contributed by atoms with Crippen molar-refractivity contribution in [3.8, 4) is 0 Å². The van der Waals surface area contributed by atoms with Gasteiger partial charge in [-0.2, -0.15) is 0 Å². The van der Waals surface area contributed by atoms with Gasteiger partial charge in [0.2, 0.25) is 0 Å². The Morgan fingerprint density at radius 2 is 1.29 bits per heavy atom. The maximum Gasteiger partial charge on any atom is 0.0578 e. The van der Waals surface area contributed by atoms with E-state index in [0.717, 1.165) is 11.8 Å². The first kappa shape index (κ1) is 16.4. The van der Waals surface area contributed by atoms with Crippen molar-refractivity contribution < 1.29 is 4.74 Å². The summed E-state index contributed by atoms with van der Waals surface area (Å²) in [7, 11) is 0. The maximum atomic E-state index is 5.67. The lowest BCUT2D eigenvalue weighted by atomic mass is 9.85. The second kappa shape index (κ2) is 9.51. The van der Waals surface area contributed by atoms with E-state index in [4.69, 9.17) is 4.74 Å². The summed E-state index contributed by atoms with van der Waals surface area (Å²) >= 11 is 0. The number of rotatable bonds is 0. The van der Waals surface area contributed by atoms with Crippen LogP contribution in [0, 0.1) is 11.8 Å². The van der Waals surface area contributed by atoms with Gasteiger partial charge in [-0.3, -0.25) is 0 Å². The Balaban J connectivity index is 0. The van der Waals surface area contributed by atoms with Crippen molar-refractivity contribution in [1.29, 1.82) is 0 Å². The highest BCUT2D eigenvalue weighted by atomic mass is 16.5. The van der Waals surface area contributed by atoms with Crippen LogP contribution in [0.2, 0.25) is 0 Å². The summed E-state index contributed by atoms with van der Waals surface area (Å²) < 4.78 is 5.67. The minimum atomic E-state index is 0.457. The Kier molecular flexibility index (Phi) is 11.1. The van der Waals surface area contributed by atoms with Crippen LogP contribution in [0.3, 0.4) is 0 Å². The monoisotopic (exact) mass is 202 g/mol. The minimum Gasteiger partial charge on any atom is -0.375 e. The fourth-order valence-electron chi connectivity index (χ4n) is 1.75. The van der Waals surface area contributed by atoms with Crippen LogP contribution in [0.5, 0.6) is 0 Å². The Hall–Kier alpha value is -0.0400. The second-order valence-electron chi connectivity index (χ2n) is 3.72. The predicted molar refractivity (Wildman–Crippen MR) is 65.7 cm³/mol. The van der Waals surface area contributed by atoms with Gasteiger partial charge in [-0.25, -0.2) is 0 Å². The lowest BCUT2D eigenvalue weighted by molar-refractivity contribution is -0.0828. The predicted octanol–water partition coefficient (Wildman–Crippen LogP) is 4.51. The Labute approximate surface area is 91.2 Å². The average Bonchev–Trinajstić information content (AvgIpc) is 2.20. The SMILES string of the molecule is CC.CC.CC1C[C@H](C)OC(C)[C@@H]1C. The molecule has 0 aromatic rings. The van der Waals surface area contributed by atoms with Crippen molar-refractivity contribution in [3.05, 3.63) is 0 Å². The van der Waals surface area contributed by atoms with E-state index in [1.165, 1.54) is 6.42 Å². The van der Waals surface area contributed by atoms with Gasteiger partial charge in [-0.1, -0.05) is 41.5 Å². The molecule has 0 bridgehead atoms. The van der Waals surface area contributed by atoms with E-state index in [9.17, 15) is 0 Å². The molecule has 1 heteroatoms. The van der Waals surface area contributed by atoms with Gasteiger partial charge in [0.15, 0.2) is 0 Å². The first-order valence-corrected chi connectivity index (χ1v) is 6.26. The fourth-order valence-corrected chi connectivity index (χ4v) is 1.75. The minimum absolute atomic E-state index is 0.457. The smallest absolute Gasteiger partial charge is 0.0578 e. The standard InChI is InChI=1S/C9H18O.2C2H6/c1-6-5-7(2)10-9(4)8(6)3;2*1-2/h6-9H,5H2,1-4H3;2*1-2H3/t6?,7-,8+,9?;;/m0../s1. The molecule has 1 fully saturated rings. The number of ether oxygens (including phenoxy) is 1. The zero-order valence-electron chi connectivity index (χ0n) is 11.4. The highest BCUT2D eigenvalue weighted by Crippen LogP contribution is 2.29. The molecule has 1 heterocycles. The summed E-state index contributed by atoms with van der Waals surface area (Å²) in [6, 6.07) is 0. The van der Waals surface area contributed by atoms with Crippen LogP contribution in [0.1, 0.15) is 61.8 Å². The van der Waals surface area contributed by atoms with E-state index >= 15 is 0 Å². The summed E-state index contributed by atoms with van der Waals surface area (Å²) in [5.41, 5.74) is 0. The first-order valence-electron chi connectivity index (χ1n) is 6.26. The van der Waals surface area contributed by atoms with E-state index < -0.39 is 0 Å². The summed E-state index contributed by atoms with van der Waals surface area (Å²) in [5.74, 6) is 1.56. The zero-order valence-corrected chi connectivity index (χ0v) is 11.4. The van der Waals surface area contributed by atoms with E-state index in [-0.39, 0.29) is 0 Å². The van der Waals surface area contributed by atoms with Crippen LogP contribution >= 0.6 is 0 Å². The largest absolute Gasteiger partial charge is 0.375 e. The fraction of sp³-hybridized carbons (Fsp3) is 1.00. The summed E-state index contributed by atoms with van der Waals surface area (Å²) in [6.45, 7) is 16.9. The van der Waals surface area contributed by atoms with E-state index in [1.54, 1.807) is 0 Å². The Bertz CT molecular complexity index is 99.8. The molecule has 1 aliphatic rings. The van der Waals surface area contributed by atoms with Crippen LogP contribution in [0.15, 0.2) is 0 Å². The van der Waals surface area contributed by atoms with Gasteiger partial charge in [-0.15, -0.1) is 0 Å². The Morgan fingerprint density at radius 3 is 1.64 bits per heavy atom. The number of hydrogen-bond acceptors (Lipinski definition) is 1. The highest BCUT2D eigenvalue weighted by Gasteiger charge is 2.27. The van der Waals surface area contributed by atoms with Crippen LogP contribution in [0.4, 0.5) is 0 Å². The van der Waals surface area contributed by atoms with Crippen molar-refractivity contribution in [2.24, 2.45) is 11.8 Å². The topological polar surface area (TPSA) is 9.23 Å². The van der Waals surface area contributed by atoms with Crippen LogP contribution in [0.25, 0.3) is 0 Å². The van der Waals surface area contributed by atoms with Crippen molar-refractivity contribution in [2.75, 3.05) is 0 Å². The summed E-state index contributed by atoms with van der Waals surface area (Å²) in [5, 5.41) is 0. The van der Waals surface area contributed by atoms with E-state index in [0.29, 0.717) is 12.2 Å². The number of hydrogen-bond donors (Lipinski definition) is 0. The molecule has 0 radical (unpaired) electrons. The van der Waals surface area contributed by atoms with Crippen molar-refractivity contribution in [1.82, 2.24) is 0 Å². The van der Waals surface area contributed by atoms with Crippen LogP contribution in [-0.4, -0.2) is 12.2 Å². The van der Waals surface area contributed by atoms with Crippen LogP contribution in [-0.2, 0) is 4.74 Å². The molecule has 4 atom stereocenters. The van der Waals surface area contributed by atoms with Gasteiger partial charge in [0.05, 0.1) is 12.2 Å². The summed E-state index contributed by atoms with van der Waals surface area (Å²) in [6.07, 6.45) is 2.16. The van der Waals surface area contributed by atoms with Gasteiger partial charge in [-0.05, 0) is 32.1 Å². The quantitative estimate of drug-likeness (QED) is 0.561. The highest BCUT2D eigenvalue weighted by molar-refractivity contribution is 4.76. The zero-order chi connectivity index (χ0) is 11.7. The van der Waals surface area contributed by atoms with Gasteiger partial charge in [0.1, 0.15) is 0 Å². The third-order valence-electron chi connectivity index (χ3n) is 2.79. The molecule has 0 aromatic heterocycles. The first-order chi connectivity index (χ1) is 6.61. The Morgan fingerprint density at radius 1 is 0.857 bits per heavy atom. The molecule has 88 valence electrons. The molecule has 2 unspecified atom stereocenters. The molecule has 0 saturated carbocycles. The molecule has 0 aromatic carbocycles. The lowest BCUT2D eigenvalue weighted by Gasteiger charge is -2.35. The maximum absolute atomic E-state index is 5.67. The molecular weight excluding hydrogens is 172 g/mol. The average molecular weight is 202 g/mol. The molecule has 0 amide bonds. The van der Waals surface area contributed by atoms with E-state index in [2.05, 4.69) is 27.7 Å². The van der Waals surface area contributed by atoms with Crippen LogP contribution < -0.4 is 0 Å². The van der Waals surface area contributed by atoms with Gasteiger partial charge in [0, 0.05) is 0 Å². The molecule has 0 N–H and O–H groups in total.